The Morgan fingerprint density at radius 2 is 0.850 bits per heavy atom. The van der Waals surface area contributed by atoms with Crippen LogP contribution in [0.4, 0.5) is 0 Å². The zero-order valence-corrected chi connectivity index (χ0v) is 21.4. The molecular weight excluding hydrogens is 508 g/mol. The van der Waals surface area contributed by atoms with Crippen molar-refractivity contribution in [2.24, 2.45) is 0 Å². The number of carbonyl (C=O) groups excluding carboxylic acids is 4. The van der Waals surface area contributed by atoms with E-state index in [1.165, 1.54) is 24.3 Å². The number of fused-ring (bicyclic) bond motifs is 4. The smallest absolute Gasteiger partial charge is 0.338 e. The predicted octanol–water partition coefficient (Wildman–Crippen LogP) is 4.66. The van der Waals surface area contributed by atoms with Crippen molar-refractivity contribution in [3.05, 3.63) is 143 Å². The number of rotatable bonds is 2. The Morgan fingerprint density at radius 3 is 1.27 bits per heavy atom. The fourth-order valence-electron chi connectivity index (χ4n) is 4.36. The van der Waals surface area contributed by atoms with Crippen LogP contribution < -0.4 is 10.6 Å². The average Bonchev–Trinajstić information content (AvgIpc) is 3.01. The number of benzene rings is 4. The summed E-state index contributed by atoms with van der Waals surface area (Å²) in [4.78, 5) is 52.4. The van der Waals surface area contributed by atoms with Gasteiger partial charge in [-0.15, -0.1) is 0 Å². The van der Waals surface area contributed by atoms with E-state index < -0.39 is 35.8 Å². The number of carbonyl (C=O) groups is 4. The second-order valence-corrected chi connectivity index (χ2v) is 9.23. The topological polar surface area (TPSA) is 111 Å². The molecule has 4 aromatic rings. The van der Waals surface area contributed by atoms with Gasteiger partial charge in [-0.05, 0) is 47.5 Å². The minimum absolute atomic E-state index is 0.151. The fourth-order valence-corrected chi connectivity index (χ4v) is 4.36. The van der Waals surface area contributed by atoms with Crippen molar-refractivity contribution in [1.82, 2.24) is 10.6 Å². The van der Waals surface area contributed by atoms with Crippen LogP contribution in [-0.4, -0.2) is 37.0 Å². The maximum atomic E-state index is 13.3. The lowest BCUT2D eigenvalue weighted by molar-refractivity contribution is 0.0450. The van der Waals surface area contributed by atoms with Gasteiger partial charge in [-0.2, -0.15) is 0 Å². The zero-order valence-electron chi connectivity index (χ0n) is 21.4. The van der Waals surface area contributed by atoms with Gasteiger partial charge in [0.2, 0.25) is 0 Å². The molecule has 0 saturated heterocycles. The molecule has 2 N–H and O–H groups in total. The van der Waals surface area contributed by atoms with Gasteiger partial charge in [0.25, 0.3) is 11.8 Å². The Bertz CT molecular complexity index is 1430. The molecule has 5 rings (SSSR count). The highest BCUT2D eigenvalue weighted by molar-refractivity contribution is 6.00. The molecule has 1 heterocycles. The van der Waals surface area contributed by atoms with Crippen LogP contribution in [0.3, 0.4) is 0 Å². The van der Waals surface area contributed by atoms with Gasteiger partial charge in [0.05, 0.1) is 23.2 Å². The highest BCUT2D eigenvalue weighted by atomic mass is 16.5. The van der Waals surface area contributed by atoms with E-state index >= 15 is 0 Å². The summed E-state index contributed by atoms with van der Waals surface area (Å²) >= 11 is 0. The summed E-state index contributed by atoms with van der Waals surface area (Å²) in [5.41, 5.74) is 2.31. The van der Waals surface area contributed by atoms with E-state index in [9.17, 15) is 19.2 Å². The number of ether oxygens (including phenoxy) is 2. The first kappa shape index (κ1) is 26.4. The van der Waals surface area contributed by atoms with Gasteiger partial charge in [-0.3, -0.25) is 9.59 Å². The lowest BCUT2D eigenvalue weighted by Crippen LogP contribution is -2.34. The summed E-state index contributed by atoms with van der Waals surface area (Å²) in [6.45, 7) is -0.301. The highest BCUT2D eigenvalue weighted by Gasteiger charge is 2.23. The molecule has 0 radical (unpaired) electrons. The minimum atomic E-state index is -0.662. The molecule has 0 spiro atoms. The maximum absolute atomic E-state index is 13.3. The molecule has 2 amide bonds. The van der Waals surface area contributed by atoms with Crippen LogP contribution >= 0.6 is 0 Å². The van der Waals surface area contributed by atoms with E-state index in [1.807, 2.05) is 60.7 Å². The predicted molar refractivity (Wildman–Crippen MR) is 147 cm³/mol. The Morgan fingerprint density at radius 1 is 0.475 bits per heavy atom. The van der Waals surface area contributed by atoms with E-state index in [2.05, 4.69) is 10.6 Å². The second-order valence-electron chi connectivity index (χ2n) is 9.23. The first-order valence-electron chi connectivity index (χ1n) is 12.7. The Balaban J connectivity index is 1.51. The van der Waals surface area contributed by atoms with Gasteiger partial charge in [0, 0.05) is 11.1 Å². The second kappa shape index (κ2) is 12.1. The van der Waals surface area contributed by atoms with Gasteiger partial charge in [-0.25, -0.2) is 9.59 Å². The van der Waals surface area contributed by atoms with Gasteiger partial charge in [-0.1, -0.05) is 72.8 Å². The molecule has 0 fully saturated rings. The van der Waals surface area contributed by atoms with Crippen molar-refractivity contribution in [1.29, 1.82) is 0 Å². The van der Waals surface area contributed by atoms with Crippen LogP contribution in [0.15, 0.2) is 109 Å². The average molecular weight is 535 g/mol. The normalized spacial score (nSPS) is 18.3. The lowest BCUT2D eigenvalue weighted by Gasteiger charge is -2.21. The maximum Gasteiger partial charge on any atom is 0.338 e. The zero-order chi connectivity index (χ0) is 27.9. The van der Waals surface area contributed by atoms with Crippen LogP contribution in [0.2, 0.25) is 0 Å². The van der Waals surface area contributed by atoms with Crippen LogP contribution in [0, 0.1) is 0 Å². The van der Waals surface area contributed by atoms with E-state index in [-0.39, 0.29) is 35.5 Å². The number of nitrogens with one attached hydrogen (secondary N) is 2. The standard InChI is InChI=1S/C32H26N2O6/c35-29-23-13-7-14-24(17-23)30(36)34-28(22-11-5-2-6-12-22)20-40-32(38)26-16-8-15-25(18-26)31(37)39-19-27(33-29)21-9-3-1-4-10-21/h1-18,27-28H,19-20H2,(H,33,35)(H,34,36). The van der Waals surface area contributed by atoms with Crippen LogP contribution in [0.25, 0.3) is 0 Å². The summed E-state index contributed by atoms with van der Waals surface area (Å²) in [6, 6.07) is 29.2. The van der Waals surface area contributed by atoms with E-state index in [1.54, 1.807) is 24.3 Å². The third-order valence-electron chi connectivity index (χ3n) is 6.50. The van der Waals surface area contributed by atoms with Crippen molar-refractivity contribution >= 4 is 23.8 Å². The number of esters is 2. The van der Waals surface area contributed by atoms with E-state index in [4.69, 9.17) is 9.47 Å². The summed E-state index contributed by atoms with van der Waals surface area (Å²) in [7, 11) is 0. The van der Waals surface area contributed by atoms with Crippen LogP contribution in [0.1, 0.15) is 64.6 Å². The third-order valence-corrected chi connectivity index (χ3v) is 6.50. The van der Waals surface area contributed by atoms with Crippen molar-refractivity contribution in [3.63, 3.8) is 0 Å². The first-order valence-corrected chi connectivity index (χ1v) is 12.7. The van der Waals surface area contributed by atoms with Gasteiger partial charge in [0.1, 0.15) is 13.2 Å². The molecule has 4 aromatic carbocycles. The van der Waals surface area contributed by atoms with Gasteiger partial charge >= 0.3 is 11.9 Å². The summed E-state index contributed by atoms with van der Waals surface area (Å²) in [5, 5.41) is 5.82. The largest absolute Gasteiger partial charge is 0.460 e. The first-order chi connectivity index (χ1) is 19.5. The Hall–Kier alpha value is -5.24. The van der Waals surface area contributed by atoms with E-state index in [0.717, 1.165) is 11.1 Å². The minimum Gasteiger partial charge on any atom is -0.460 e. The SMILES string of the molecule is O=C1NC(c2ccccc2)COC(=O)c2cccc(c2)C(=O)OCC(c2ccccc2)NC(=O)c2cccc1c2. The molecule has 8 nitrogen and oxygen atoms in total. The Labute approximate surface area is 230 Å². The lowest BCUT2D eigenvalue weighted by atomic mass is 10.0. The molecule has 8 heteroatoms. The molecule has 0 aliphatic carbocycles. The highest BCUT2D eigenvalue weighted by Crippen LogP contribution is 2.19. The van der Waals surface area contributed by atoms with Gasteiger partial charge < -0.3 is 20.1 Å². The number of hydrogen-bond donors (Lipinski definition) is 2. The monoisotopic (exact) mass is 534 g/mol. The van der Waals surface area contributed by atoms with Crippen LogP contribution in [-0.2, 0) is 9.47 Å². The van der Waals surface area contributed by atoms with Crippen molar-refractivity contribution in [2.75, 3.05) is 13.2 Å². The molecule has 1 aliphatic rings. The van der Waals surface area contributed by atoms with Crippen molar-refractivity contribution < 1.29 is 28.7 Å². The van der Waals surface area contributed by atoms with Crippen molar-refractivity contribution in [2.45, 2.75) is 12.1 Å². The molecule has 0 saturated carbocycles. The molecule has 2 atom stereocenters. The molecule has 0 aromatic heterocycles. The molecule has 1 aliphatic heterocycles. The van der Waals surface area contributed by atoms with Crippen LogP contribution in [0.5, 0.6) is 0 Å². The number of hydrogen-bond acceptors (Lipinski definition) is 6. The number of amides is 2. The van der Waals surface area contributed by atoms with E-state index in [0.29, 0.717) is 0 Å². The fraction of sp³-hybridized carbons (Fsp3) is 0.125. The quantitative estimate of drug-likeness (QED) is 0.362. The summed E-state index contributed by atoms with van der Waals surface area (Å²) in [6.07, 6.45) is 0. The molecule has 4 bridgehead atoms. The molecule has 2 unspecified atom stereocenters. The summed E-state index contributed by atoms with van der Waals surface area (Å²) in [5.74, 6) is -2.17. The van der Waals surface area contributed by atoms with Gasteiger partial charge in [0.15, 0.2) is 0 Å². The summed E-state index contributed by atoms with van der Waals surface area (Å²) < 4.78 is 11.1. The molecular formula is C32H26N2O6. The third kappa shape index (κ3) is 6.24. The Kier molecular flexibility index (Phi) is 7.97. The van der Waals surface area contributed by atoms with Crippen molar-refractivity contribution in [3.8, 4) is 0 Å². The molecule has 40 heavy (non-hydrogen) atoms. The molecule has 200 valence electrons. The number of cyclic esters (lactones) is 2.